The van der Waals surface area contributed by atoms with E-state index in [0.29, 0.717) is 36.6 Å². The number of benzene rings is 3. The SMILES string of the molecule is CCS(=O)(=O)N1c2ccc(OC[C@@H]3CCCN3C(=O)OC(C)(C)C)cc2CC1c1ccc2ccc(C#N)cc2c1. The highest BCUT2D eigenvalue weighted by Crippen LogP contribution is 2.44. The standard InChI is InChI=1S/C31H35N3O5S/c1-5-40(36,37)34-28-13-12-27(38-20-26-7-6-14-33(26)30(35)39-31(2,3)4)17-25(28)18-29(34)23-11-10-22-9-8-21(19-32)15-24(22)16-23/h8-13,15-17,26,29H,5-7,14,18,20H2,1-4H3/t26-,29?/m0/s1. The number of sulfonamides is 1. The molecule has 9 heteroatoms. The van der Waals surface area contributed by atoms with E-state index >= 15 is 0 Å². The summed E-state index contributed by atoms with van der Waals surface area (Å²) in [5.41, 5.74) is 2.42. The highest BCUT2D eigenvalue weighted by Gasteiger charge is 2.38. The molecule has 2 aliphatic rings. The minimum atomic E-state index is -3.56. The van der Waals surface area contributed by atoms with E-state index in [1.165, 1.54) is 4.31 Å². The van der Waals surface area contributed by atoms with Crippen molar-refractivity contribution in [1.29, 1.82) is 5.26 Å². The zero-order valence-electron chi connectivity index (χ0n) is 23.4. The highest BCUT2D eigenvalue weighted by atomic mass is 32.2. The fraction of sp³-hybridized carbons (Fsp3) is 0.419. The first-order valence-electron chi connectivity index (χ1n) is 13.7. The van der Waals surface area contributed by atoms with Gasteiger partial charge in [-0.25, -0.2) is 13.2 Å². The lowest BCUT2D eigenvalue weighted by molar-refractivity contribution is 0.0187. The van der Waals surface area contributed by atoms with Gasteiger partial charge in [0.05, 0.1) is 35.2 Å². The van der Waals surface area contributed by atoms with Crippen molar-refractivity contribution in [2.75, 3.05) is 23.2 Å². The molecule has 0 aliphatic carbocycles. The van der Waals surface area contributed by atoms with Gasteiger partial charge >= 0.3 is 6.09 Å². The van der Waals surface area contributed by atoms with E-state index in [9.17, 15) is 18.5 Å². The number of anilines is 1. The number of likely N-dealkylation sites (tertiary alicyclic amines) is 1. The Hall–Kier alpha value is -3.77. The smallest absolute Gasteiger partial charge is 0.410 e. The van der Waals surface area contributed by atoms with E-state index in [1.54, 1.807) is 24.0 Å². The molecule has 40 heavy (non-hydrogen) atoms. The van der Waals surface area contributed by atoms with Gasteiger partial charge in [0.25, 0.3) is 0 Å². The van der Waals surface area contributed by atoms with Crippen LogP contribution in [-0.2, 0) is 21.2 Å². The zero-order chi connectivity index (χ0) is 28.7. The number of fused-ring (bicyclic) bond motifs is 2. The van der Waals surface area contributed by atoms with Crippen LogP contribution in [-0.4, -0.2) is 50.0 Å². The van der Waals surface area contributed by atoms with Crippen molar-refractivity contribution in [1.82, 2.24) is 4.90 Å². The van der Waals surface area contributed by atoms with Crippen molar-refractivity contribution in [3.63, 3.8) is 0 Å². The highest BCUT2D eigenvalue weighted by molar-refractivity contribution is 7.92. The lowest BCUT2D eigenvalue weighted by Crippen LogP contribution is -2.42. The molecule has 0 radical (unpaired) electrons. The van der Waals surface area contributed by atoms with Crippen molar-refractivity contribution >= 4 is 32.6 Å². The molecule has 0 saturated carbocycles. The Labute approximate surface area is 236 Å². The van der Waals surface area contributed by atoms with Gasteiger partial charge in [0.15, 0.2) is 0 Å². The molecular weight excluding hydrogens is 526 g/mol. The monoisotopic (exact) mass is 561 g/mol. The van der Waals surface area contributed by atoms with Gasteiger partial charge in [-0.3, -0.25) is 4.31 Å². The topological polar surface area (TPSA) is 99.9 Å². The Morgan fingerprint density at radius 3 is 2.58 bits per heavy atom. The number of carbonyl (C=O) groups excluding carboxylic acids is 1. The van der Waals surface area contributed by atoms with Crippen molar-refractivity contribution in [3.8, 4) is 11.8 Å². The van der Waals surface area contributed by atoms with Crippen LogP contribution >= 0.6 is 0 Å². The molecule has 5 rings (SSSR count). The van der Waals surface area contributed by atoms with Crippen LogP contribution in [0.3, 0.4) is 0 Å². The van der Waals surface area contributed by atoms with Gasteiger partial charge < -0.3 is 14.4 Å². The van der Waals surface area contributed by atoms with E-state index in [2.05, 4.69) is 6.07 Å². The molecule has 3 aromatic rings. The number of nitriles is 1. The average Bonchev–Trinajstić information content (AvgIpc) is 3.55. The maximum atomic E-state index is 13.3. The van der Waals surface area contributed by atoms with Gasteiger partial charge in [-0.05, 0) is 98.8 Å². The second-order valence-electron chi connectivity index (χ2n) is 11.4. The largest absolute Gasteiger partial charge is 0.491 e. The molecule has 0 aromatic heterocycles. The molecule has 2 aliphatic heterocycles. The number of amides is 1. The second-order valence-corrected chi connectivity index (χ2v) is 13.6. The van der Waals surface area contributed by atoms with Crippen LogP contribution in [0.1, 0.15) is 63.3 Å². The van der Waals surface area contributed by atoms with E-state index in [0.717, 1.165) is 34.7 Å². The Bertz CT molecular complexity index is 1590. The molecule has 0 bridgehead atoms. The van der Waals surface area contributed by atoms with Gasteiger partial charge in [-0.2, -0.15) is 5.26 Å². The summed E-state index contributed by atoms with van der Waals surface area (Å²) in [6, 6.07) is 18.6. The van der Waals surface area contributed by atoms with Crippen LogP contribution < -0.4 is 9.04 Å². The lowest BCUT2D eigenvalue weighted by atomic mass is 9.98. The lowest BCUT2D eigenvalue weighted by Gasteiger charge is -2.28. The fourth-order valence-electron chi connectivity index (χ4n) is 5.53. The first-order valence-corrected chi connectivity index (χ1v) is 15.3. The summed E-state index contributed by atoms with van der Waals surface area (Å²) < 4.78 is 39.8. The average molecular weight is 562 g/mol. The Morgan fingerprint density at radius 1 is 1.07 bits per heavy atom. The predicted octanol–water partition coefficient (Wildman–Crippen LogP) is 5.94. The van der Waals surface area contributed by atoms with Crippen molar-refractivity contribution in [3.05, 3.63) is 71.3 Å². The Kier molecular flexibility index (Phi) is 7.40. The Morgan fingerprint density at radius 2 is 1.85 bits per heavy atom. The molecule has 210 valence electrons. The van der Waals surface area contributed by atoms with Crippen molar-refractivity contribution in [2.45, 2.75) is 64.6 Å². The summed E-state index contributed by atoms with van der Waals surface area (Å²) in [5.74, 6) is 0.622. The Balaban J connectivity index is 1.39. The van der Waals surface area contributed by atoms with Gasteiger partial charge in [-0.1, -0.05) is 18.2 Å². The number of nitrogens with zero attached hydrogens (tertiary/aromatic N) is 3. The summed E-state index contributed by atoms with van der Waals surface area (Å²) in [7, 11) is -3.56. The molecule has 0 N–H and O–H groups in total. The molecule has 0 spiro atoms. The third-order valence-electron chi connectivity index (χ3n) is 7.47. The number of carbonyl (C=O) groups is 1. The van der Waals surface area contributed by atoms with E-state index in [4.69, 9.17) is 9.47 Å². The van der Waals surface area contributed by atoms with E-state index < -0.39 is 21.7 Å². The minimum absolute atomic E-state index is 0.0183. The van der Waals surface area contributed by atoms with E-state index in [-0.39, 0.29) is 17.9 Å². The first kappa shape index (κ1) is 27.8. The molecular formula is C31H35N3O5S. The summed E-state index contributed by atoms with van der Waals surface area (Å²) in [5, 5.41) is 11.2. The van der Waals surface area contributed by atoms with Crippen LogP contribution in [0.15, 0.2) is 54.6 Å². The summed E-state index contributed by atoms with van der Waals surface area (Å²) in [6.45, 7) is 8.19. The fourth-order valence-corrected chi connectivity index (χ4v) is 6.87. The molecule has 2 atom stereocenters. The quantitative estimate of drug-likeness (QED) is 0.369. The second kappa shape index (κ2) is 10.7. The minimum Gasteiger partial charge on any atom is -0.491 e. The number of ether oxygens (including phenoxy) is 2. The van der Waals surface area contributed by atoms with Gasteiger partial charge in [0, 0.05) is 13.0 Å². The molecule has 1 unspecified atom stereocenters. The number of hydrogen-bond acceptors (Lipinski definition) is 6. The maximum absolute atomic E-state index is 13.3. The molecule has 1 amide bonds. The van der Waals surface area contributed by atoms with Gasteiger partial charge in [-0.15, -0.1) is 0 Å². The summed E-state index contributed by atoms with van der Waals surface area (Å²) >= 11 is 0. The molecule has 1 saturated heterocycles. The summed E-state index contributed by atoms with van der Waals surface area (Å²) in [6.07, 6.45) is 1.91. The molecule has 1 fully saturated rings. The molecule has 8 nitrogen and oxygen atoms in total. The van der Waals surface area contributed by atoms with Crippen molar-refractivity contribution < 1.29 is 22.7 Å². The normalized spacial score (nSPS) is 19.0. The van der Waals surface area contributed by atoms with E-state index in [1.807, 2.05) is 63.2 Å². The third kappa shape index (κ3) is 5.59. The zero-order valence-corrected chi connectivity index (χ0v) is 24.2. The van der Waals surface area contributed by atoms with Crippen LogP contribution in [0.4, 0.5) is 10.5 Å². The maximum Gasteiger partial charge on any atom is 0.410 e. The van der Waals surface area contributed by atoms with Gasteiger partial charge in [0.1, 0.15) is 18.0 Å². The van der Waals surface area contributed by atoms with Crippen LogP contribution in [0.25, 0.3) is 10.8 Å². The predicted molar refractivity (Wildman–Crippen MR) is 155 cm³/mol. The number of rotatable bonds is 6. The number of hydrogen-bond donors (Lipinski definition) is 0. The third-order valence-corrected chi connectivity index (χ3v) is 9.26. The van der Waals surface area contributed by atoms with Crippen LogP contribution in [0, 0.1) is 11.3 Å². The van der Waals surface area contributed by atoms with Crippen LogP contribution in [0.5, 0.6) is 5.75 Å². The first-order chi connectivity index (χ1) is 19.0. The van der Waals surface area contributed by atoms with Gasteiger partial charge in [0.2, 0.25) is 10.0 Å². The van der Waals surface area contributed by atoms with Crippen LogP contribution in [0.2, 0.25) is 0 Å². The molecule has 3 aromatic carbocycles. The summed E-state index contributed by atoms with van der Waals surface area (Å²) in [4.78, 5) is 14.4. The molecule has 2 heterocycles. The van der Waals surface area contributed by atoms with Crippen molar-refractivity contribution in [2.24, 2.45) is 0 Å².